The Morgan fingerprint density at radius 2 is 1.70 bits per heavy atom. The van der Waals surface area contributed by atoms with Gasteiger partial charge in [-0.25, -0.2) is 4.72 Å². The molecule has 23 heavy (non-hydrogen) atoms. The number of piperazine rings is 1. The Kier molecular flexibility index (Phi) is 6.17. The number of hydrogen-bond acceptors (Lipinski definition) is 4. The normalized spacial score (nSPS) is 25.3. The molecular weight excluding hydrogens is 318 g/mol. The van der Waals surface area contributed by atoms with Crippen LogP contribution in [-0.2, 0) is 19.8 Å². The molecule has 0 bridgehead atoms. The lowest BCUT2D eigenvalue weighted by Gasteiger charge is -2.33. The van der Waals surface area contributed by atoms with Crippen LogP contribution in [0.4, 0.5) is 0 Å². The zero-order valence-electron chi connectivity index (χ0n) is 13.5. The van der Waals surface area contributed by atoms with Crippen LogP contribution in [0, 0.1) is 5.92 Å². The Morgan fingerprint density at radius 3 is 2.35 bits per heavy atom. The molecule has 1 aliphatic carbocycles. The molecule has 1 saturated heterocycles. The molecule has 2 rings (SSSR count). The molecular formula is C15H25N3O4S. The molecule has 0 saturated carbocycles. The van der Waals surface area contributed by atoms with Gasteiger partial charge >= 0.3 is 10.2 Å². The Labute approximate surface area is 137 Å². The summed E-state index contributed by atoms with van der Waals surface area (Å²) in [6.07, 6.45) is 8.18. The second-order valence-corrected chi connectivity index (χ2v) is 7.72. The minimum Gasteiger partial charge on any atom is -0.340 e. The predicted molar refractivity (Wildman–Crippen MR) is 86.6 cm³/mol. The molecule has 0 aromatic heterocycles. The summed E-state index contributed by atoms with van der Waals surface area (Å²) in [5, 5.41) is 0. The first-order chi connectivity index (χ1) is 10.9. The number of allylic oxidation sites excluding steroid dienone is 2. The first-order valence-corrected chi connectivity index (χ1v) is 9.56. The average Bonchev–Trinajstić information content (AvgIpc) is 2.46. The molecule has 1 unspecified atom stereocenters. The zero-order chi connectivity index (χ0) is 16.9. The maximum absolute atomic E-state index is 12.3. The van der Waals surface area contributed by atoms with Crippen LogP contribution < -0.4 is 4.72 Å². The van der Waals surface area contributed by atoms with Crippen molar-refractivity contribution in [3.8, 4) is 0 Å². The Hall–Kier alpha value is -1.41. The zero-order valence-corrected chi connectivity index (χ0v) is 14.3. The van der Waals surface area contributed by atoms with Crippen LogP contribution in [0.15, 0.2) is 12.2 Å². The molecule has 2 aliphatic rings. The molecule has 0 aromatic rings. The van der Waals surface area contributed by atoms with E-state index in [9.17, 15) is 18.0 Å². The molecule has 2 amide bonds. The molecule has 0 spiro atoms. The van der Waals surface area contributed by atoms with Crippen LogP contribution in [0.25, 0.3) is 0 Å². The van der Waals surface area contributed by atoms with Gasteiger partial charge in [0.2, 0.25) is 11.8 Å². The molecule has 1 heterocycles. The lowest BCUT2D eigenvalue weighted by molar-refractivity contribution is -0.130. The fourth-order valence-electron chi connectivity index (χ4n) is 2.94. The second-order valence-electron chi connectivity index (χ2n) is 6.05. The lowest BCUT2D eigenvalue weighted by atomic mass is 9.94. The number of nitrogens with zero attached hydrogens (tertiary/aromatic N) is 2. The van der Waals surface area contributed by atoms with Crippen molar-refractivity contribution in [1.82, 2.24) is 13.9 Å². The summed E-state index contributed by atoms with van der Waals surface area (Å²) >= 11 is 0. The van der Waals surface area contributed by atoms with Gasteiger partial charge in [0, 0.05) is 39.0 Å². The lowest BCUT2D eigenvalue weighted by Crippen LogP contribution is -2.54. The highest BCUT2D eigenvalue weighted by Gasteiger charge is 2.31. The van der Waals surface area contributed by atoms with Crippen molar-refractivity contribution in [3.05, 3.63) is 12.2 Å². The quantitative estimate of drug-likeness (QED) is 0.762. The predicted octanol–water partition coefficient (Wildman–Crippen LogP) is 0.648. The van der Waals surface area contributed by atoms with Gasteiger partial charge in [-0.15, -0.1) is 0 Å². The Morgan fingerprint density at radius 1 is 1.04 bits per heavy atom. The van der Waals surface area contributed by atoms with E-state index in [1.807, 2.05) is 0 Å². The fourth-order valence-corrected chi connectivity index (χ4v) is 4.13. The molecule has 0 aromatic carbocycles. The summed E-state index contributed by atoms with van der Waals surface area (Å²) < 4.78 is 28.2. The van der Waals surface area contributed by atoms with Crippen molar-refractivity contribution in [3.63, 3.8) is 0 Å². The van der Waals surface area contributed by atoms with Crippen LogP contribution in [-0.4, -0.2) is 55.6 Å². The standard InChI is InChI=1S/C15H25N3O4S/c1-13(19)17-9-11-18(12-10-17)23(21,22)16-15(20)14-7-5-3-2-4-6-8-14/h2-3,14H,4-12H2,1H3,(H,16,20)/b3-2-. The summed E-state index contributed by atoms with van der Waals surface area (Å²) in [5.74, 6) is -0.726. The fraction of sp³-hybridized carbons (Fsp3) is 0.733. The van der Waals surface area contributed by atoms with Crippen molar-refractivity contribution in [1.29, 1.82) is 0 Å². The third kappa shape index (κ3) is 5.04. The summed E-state index contributed by atoms with van der Waals surface area (Å²) in [5.41, 5.74) is 0. The van der Waals surface area contributed by atoms with E-state index in [-0.39, 0.29) is 24.9 Å². The number of rotatable bonds is 3. The van der Waals surface area contributed by atoms with Gasteiger partial charge in [-0.3, -0.25) is 9.59 Å². The topological polar surface area (TPSA) is 86.8 Å². The van der Waals surface area contributed by atoms with E-state index in [0.717, 1.165) is 19.3 Å². The summed E-state index contributed by atoms with van der Waals surface area (Å²) in [4.78, 5) is 25.2. The van der Waals surface area contributed by atoms with Crippen LogP contribution in [0.3, 0.4) is 0 Å². The van der Waals surface area contributed by atoms with Gasteiger partial charge in [-0.05, 0) is 32.1 Å². The molecule has 1 atom stereocenters. The monoisotopic (exact) mass is 343 g/mol. The van der Waals surface area contributed by atoms with Gasteiger partial charge in [-0.2, -0.15) is 12.7 Å². The Balaban J connectivity index is 1.91. The highest BCUT2D eigenvalue weighted by molar-refractivity contribution is 7.87. The molecule has 1 fully saturated rings. The largest absolute Gasteiger partial charge is 0.340 e. The molecule has 1 aliphatic heterocycles. The maximum Gasteiger partial charge on any atom is 0.303 e. The van der Waals surface area contributed by atoms with E-state index in [2.05, 4.69) is 16.9 Å². The van der Waals surface area contributed by atoms with Gasteiger partial charge < -0.3 is 4.90 Å². The SMILES string of the molecule is CC(=O)N1CCN(S(=O)(=O)NC(=O)C2CC/C=C\CCC2)CC1. The van der Waals surface area contributed by atoms with Crippen LogP contribution >= 0.6 is 0 Å². The first kappa shape index (κ1) is 17.9. The van der Waals surface area contributed by atoms with E-state index in [4.69, 9.17) is 0 Å². The molecule has 130 valence electrons. The smallest absolute Gasteiger partial charge is 0.303 e. The van der Waals surface area contributed by atoms with Crippen LogP contribution in [0.2, 0.25) is 0 Å². The minimum atomic E-state index is -3.82. The number of amides is 2. The number of carbonyl (C=O) groups is 2. The third-order valence-corrected chi connectivity index (χ3v) is 5.90. The van der Waals surface area contributed by atoms with Gasteiger partial charge in [-0.1, -0.05) is 12.2 Å². The minimum absolute atomic E-state index is 0.0614. The summed E-state index contributed by atoms with van der Waals surface area (Å²) in [7, 11) is -3.82. The molecule has 7 nitrogen and oxygen atoms in total. The summed E-state index contributed by atoms with van der Waals surface area (Å²) in [6, 6.07) is 0. The van der Waals surface area contributed by atoms with E-state index >= 15 is 0 Å². The molecule has 8 heteroatoms. The summed E-state index contributed by atoms with van der Waals surface area (Å²) in [6.45, 7) is 2.62. The number of carbonyl (C=O) groups excluding carboxylic acids is 2. The Bertz CT molecular complexity index is 565. The third-order valence-electron chi connectivity index (χ3n) is 4.40. The van der Waals surface area contributed by atoms with E-state index in [1.165, 1.54) is 11.2 Å². The van der Waals surface area contributed by atoms with Gasteiger partial charge in [0.05, 0.1) is 0 Å². The van der Waals surface area contributed by atoms with E-state index < -0.39 is 16.1 Å². The van der Waals surface area contributed by atoms with Crippen LogP contribution in [0.1, 0.15) is 39.0 Å². The van der Waals surface area contributed by atoms with E-state index in [1.54, 1.807) is 4.90 Å². The van der Waals surface area contributed by atoms with Crippen molar-refractivity contribution in [2.45, 2.75) is 39.0 Å². The second kappa shape index (κ2) is 7.92. The van der Waals surface area contributed by atoms with Crippen molar-refractivity contribution in [2.24, 2.45) is 5.92 Å². The maximum atomic E-state index is 12.3. The molecule has 1 N–H and O–H groups in total. The number of hydrogen-bond donors (Lipinski definition) is 1. The van der Waals surface area contributed by atoms with Gasteiger partial charge in [0.1, 0.15) is 0 Å². The van der Waals surface area contributed by atoms with Crippen molar-refractivity contribution < 1.29 is 18.0 Å². The van der Waals surface area contributed by atoms with Gasteiger partial charge in [0.15, 0.2) is 0 Å². The average molecular weight is 343 g/mol. The van der Waals surface area contributed by atoms with Gasteiger partial charge in [0.25, 0.3) is 0 Å². The van der Waals surface area contributed by atoms with Crippen molar-refractivity contribution >= 4 is 22.0 Å². The first-order valence-electron chi connectivity index (χ1n) is 8.12. The highest BCUT2D eigenvalue weighted by atomic mass is 32.2. The highest BCUT2D eigenvalue weighted by Crippen LogP contribution is 2.19. The number of nitrogens with one attached hydrogen (secondary N) is 1. The van der Waals surface area contributed by atoms with Crippen LogP contribution in [0.5, 0.6) is 0 Å². The molecule has 0 radical (unpaired) electrons. The van der Waals surface area contributed by atoms with Crippen molar-refractivity contribution in [2.75, 3.05) is 26.2 Å². The van der Waals surface area contributed by atoms with E-state index in [0.29, 0.717) is 25.9 Å².